The molecule has 1 radical (unpaired) electrons. The summed E-state index contributed by atoms with van der Waals surface area (Å²) in [5.41, 5.74) is 4.79. The van der Waals surface area contributed by atoms with Crippen molar-refractivity contribution >= 4 is 43.4 Å². The number of benzene rings is 3. The molecular formula is C34H26IrN2OS-2. The fourth-order valence-corrected chi connectivity index (χ4v) is 5.57. The molecule has 0 amide bonds. The van der Waals surface area contributed by atoms with Crippen molar-refractivity contribution in [1.82, 2.24) is 9.97 Å². The van der Waals surface area contributed by atoms with Gasteiger partial charge in [0.15, 0.2) is 0 Å². The number of fused-ring (bicyclic) bond motifs is 5. The van der Waals surface area contributed by atoms with Crippen LogP contribution in [0.2, 0.25) is 0 Å². The van der Waals surface area contributed by atoms with Crippen molar-refractivity contribution in [2.45, 2.75) is 27.6 Å². The molecule has 4 heterocycles. The second-order valence-electron chi connectivity index (χ2n) is 8.90. The number of hydrogen-bond acceptors (Lipinski definition) is 4. The molecule has 0 saturated carbocycles. The molecule has 195 valence electrons. The quantitative estimate of drug-likeness (QED) is 0.168. The molecule has 0 aliphatic rings. The zero-order valence-electron chi connectivity index (χ0n) is 27.1. The maximum atomic E-state index is 7.84. The minimum Gasteiger partial charge on any atom is -0.500 e. The van der Waals surface area contributed by atoms with E-state index in [-0.39, 0.29) is 31.2 Å². The normalized spacial score (nSPS) is 13.8. The van der Waals surface area contributed by atoms with Crippen LogP contribution in [0.1, 0.15) is 29.8 Å². The van der Waals surface area contributed by atoms with E-state index < -0.39 is 13.7 Å². The average molecular weight is 709 g/mol. The molecule has 4 aromatic heterocycles. The van der Waals surface area contributed by atoms with E-state index in [2.05, 4.69) is 42.0 Å². The molecule has 7 aromatic rings. The Morgan fingerprint density at radius 3 is 2.44 bits per heavy atom. The van der Waals surface area contributed by atoms with Gasteiger partial charge in [-0.05, 0) is 62.2 Å². The molecule has 0 N–H and O–H groups in total. The smallest absolute Gasteiger partial charge is 0.129 e. The summed E-state index contributed by atoms with van der Waals surface area (Å²) in [6.45, 7) is -1.02. The van der Waals surface area contributed by atoms with Crippen LogP contribution in [-0.4, -0.2) is 9.97 Å². The van der Waals surface area contributed by atoms with Crippen LogP contribution < -0.4 is 0 Å². The zero-order chi connectivity index (χ0) is 31.2. The number of pyridine rings is 2. The second kappa shape index (κ2) is 11.2. The second-order valence-corrected chi connectivity index (χ2v) is 10.2. The van der Waals surface area contributed by atoms with E-state index >= 15 is 0 Å². The van der Waals surface area contributed by atoms with Crippen LogP contribution in [0.25, 0.3) is 54.5 Å². The molecule has 0 bridgehead atoms. The van der Waals surface area contributed by atoms with Gasteiger partial charge in [-0.1, -0.05) is 40.8 Å². The number of thiophene rings is 1. The Labute approximate surface area is 254 Å². The number of aromatic nitrogens is 2. The molecule has 7 rings (SSSR count). The summed E-state index contributed by atoms with van der Waals surface area (Å²) in [4.78, 5) is 9.74. The summed E-state index contributed by atoms with van der Waals surface area (Å²) in [6, 6.07) is 29.0. The molecule has 0 spiro atoms. The van der Waals surface area contributed by atoms with Gasteiger partial charge < -0.3 is 14.4 Å². The van der Waals surface area contributed by atoms with Crippen LogP contribution in [0.5, 0.6) is 0 Å². The van der Waals surface area contributed by atoms with Crippen molar-refractivity contribution in [2.24, 2.45) is 0 Å². The predicted molar refractivity (Wildman–Crippen MR) is 159 cm³/mol. The van der Waals surface area contributed by atoms with Gasteiger partial charge in [-0.15, -0.1) is 65.4 Å². The SMILES string of the molecule is [2H]C([2H])([2H])c1cnc(-c2[c-]ccc3c2oc2c3ccc3sc(C)c(C)c32)cc1C([2H])([2H])[2H].[Ir].[c-]1ccccc1-c1ccccn1. The first-order chi connectivity index (χ1) is 20.9. The van der Waals surface area contributed by atoms with Gasteiger partial charge in [0, 0.05) is 61.1 Å². The number of furan rings is 1. The van der Waals surface area contributed by atoms with E-state index in [0.29, 0.717) is 16.8 Å². The largest absolute Gasteiger partial charge is 0.500 e. The van der Waals surface area contributed by atoms with E-state index in [9.17, 15) is 0 Å². The summed E-state index contributed by atoms with van der Waals surface area (Å²) in [7, 11) is 0. The van der Waals surface area contributed by atoms with Gasteiger partial charge in [0.05, 0.1) is 5.58 Å². The topological polar surface area (TPSA) is 38.9 Å². The number of aryl methyl sites for hydroxylation is 4. The third-order valence-electron chi connectivity index (χ3n) is 6.54. The summed E-state index contributed by atoms with van der Waals surface area (Å²) < 4.78 is 54.1. The third kappa shape index (κ3) is 5.06. The van der Waals surface area contributed by atoms with Gasteiger partial charge in [-0.2, -0.15) is 0 Å². The van der Waals surface area contributed by atoms with Crippen LogP contribution in [0.4, 0.5) is 0 Å². The average Bonchev–Trinajstić information content (AvgIpc) is 3.53. The predicted octanol–water partition coefficient (Wildman–Crippen LogP) is 9.44. The van der Waals surface area contributed by atoms with Crippen molar-refractivity contribution < 1.29 is 32.7 Å². The van der Waals surface area contributed by atoms with Gasteiger partial charge in [-0.25, -0.2) is 0 Å². The minimum atomic E-state index is -2.60. The Hall–Kier alpha value is -3.63. The zero-order valence-corrected chi connectivity index (χ0v) is 24.3. The maximum absolute atomic E-state index is 7.84. The molecule has 5 heteroatoms. The van der Waals surface area contributed by atoms with Gasteiger partial charge in [0.2, 0.25) is 0 Å². The Morgan fingerprint density at radius 2 is 1.67 bits per heavy atom. The fourth-order valence-electron chi connectivity index (χ4n) is 4.50. The summed E-state index contributed by atoms with van der Waals surface area (Å²) >= 11 is 1.72. The summed E-state index contributed by atoms with van der Waals surface area (Å²) in [6.07, 6.45) is 2.92. The van der Waals surface area contributed by atoms with Crippen molar-refractivity contribution in [2.75, 3.05) is 0 Å². The Bertz CT molecular complexity index is 2080. The molecule has 0 unspecified atom stereocenters. The summed E-state index contributed by atoms with van der Waals surface area (Å²) in [5, 5.41) is 2.90. The van der Waals surface area contributed by atoms with Crippen LogP contribution in [0.15, 0.2) is 89.6 Å². The van der Waals surface area contributed by atoms with Crippen molar-refractivity contribution in [1.29, 1.82) is 0 Å². The molecule has 0 aliphatic carbocycles. The van der Waals surface area contributed by atoms with Crippen LogP contribution >= 0.6 is 11.3 Å². The molecule has 39 heavy (non-hydrogen) atoms. The third-order valence-corrected chi connectivity index (χ3v) is 7.71. The van der Waals surface area contributed by atoms with Crippen LogP contribution in [0.3, 0.4) is 0 Å². The Kier molecular flexibility index (Phi) is 5.85. The van der Waals surface area contributed by atoms with Gasteiger partial charge in [0.25, 0.3) is 0 Å². The monoisotopic (exact) mass is 709 g/mol. The first kappa shape index (κ1) is 20.3. The maximum Gasteiger partial charge on any atom is 0.129 e. The van der Waals surface area contributed by atoms with Crippen molar-refractivity contribution in [3.05, 3.63) is 119 Å². The van der Waals surface area contributed by atoms with E-state index in [0.717, 1.165) is 43.9 Å². The van der Waals surface area contributed by atoms with Gasteiger partial charge in [0.1, 0.15) is 5.58 Å². The number of rotatable bonds is 2. The Morgan fingerprint density at radius 1 is 0.821 bits per heavy atom. The van der Waals surface area contributed by atoms with Gasteiger partial charge >= 0.3 is 0 Å². The van der Waals surface area contributed by atoms with Gasteiger partial charge in [-0.3, -0.25) is 0 Å². The number of hydrogen-bond donors (Lipinski definition) is 0. The van der Waals surface area contributed by atoms with E-state index in [4.69, 9.17) is 12.6 Å². The molecule has 0 fully saturated rings. The first-order valence-electron chi connectivity index (χ1n) is 15.1. The van der Waals surface area contributed by atoms with E-state index in [1.165, 1.54) is 16.5 Å². The fraction of sp³-hybridized carbons (Fsp3) is 0.118. The van der Waals surface area contributed by atoms with Crippen molar-refractivity contribution in [3.63, 3.8) is 0 Å². The van der Waals surface area contributed by atoms with E-state index in [1.54, 1.807) is 23.6 Å². The molecule has 0 aliphatic heterocycles. The molecule has 3 nitrogen and oxygen atoms in total. The molecule has 0 atom stereocenters. The standard InChI is InChI=1S/C23H18NOS.C11H8N.Ir/c1-12-10-19(24-11-13(12)2)18-7-5-6-16-17-8-9-20-21(14(3)15(4)26-20)23(17)25-22(16)18;1-2-6-10(7-3-1)11-8-4-5-9-12-11;/h5-6,8-11H,1-4H3;1-6,8-9H;/q2*-1;/i1D3,2D3;;. The Balaban J connectivity index is 0.000000258. The van der Waals surface area contributed by atoms with Crippen LogP contribution in [-0.2, 0) is 20.1 Å². The van der Waals surface area contributed by atoms with E-state index in [1.807, 2.05) is 54.6 Å². The number of nitrogens with zero attached hydrogens (tertiary/aromatic N) is 2. The van der Waals surface area contributed by atoms with Crippen molar-refractivity contribution in [3.8, 4) is 22.5 Å². The molecule has 3 aromatic carbocycles. The molecule has 0 saturated heterocycles. The molecular weight excluding hydrogens is 677 g/mol. The first-order valence-corrected chi connectivity index (χ1v) is 12.9. The minimum absolute atomic E-state index is 0. The summed E-state index contributed by atoms with van der Waals surface area (Å²) in [5.74, 6) is 0. The van der Waals surface area contributed by atoms with Crippen LogP contribution in [0, 0.1) is 39.7 Å².